The highest BCUT2D eigenvalue weighted by Crippen LogP contribution is 2.11. The molecule has 0 aliphatic rings. The van der Waals surface area contributed by atoms with Gasteiger partial charge in [-0.1, -0.05) is 6.92 Å². The van der Waals surface area contributed by atoms with Crippen molar-refractivity contribution in [1.82, 2.24) is 4.90 Å². The minimum absolute atomic E-state index is 0.222. The lowest BCUT2D eigenvalue weighted by Gasteiger charge is -2.20. The van der Waals surface area contributed by atoms with E-state index in [-0.39, 0.29) is 12.4 Å². The Kier molecular flexibility index (Phi) is 5.94. The number of ether oxygens (including phenoxy) is 1. The molecule has 96 valence electrons. The smallest absolute Gasteiger partial charge is 0.123 e. The zero-order valence-corrected chi connectivity index (χ0v) is 10.4. The third-order valence-electron chi connectivity index (χ3n) is 2.38. The fraction of sp³-hybridized carbons (Fsp3) is 0.538. The van der Waals surface area contributed by atoms with Gasteiger partial charge in [0.15, 0.2) is 0 Å². The lowest BCUT2D eigenvalue weighted by atomic mass is 10.3. The highest BCUT2D eigenvalue weighted by molar-refractivity contribution is 5.22. The lowest BCUT2D eigenvalue weighted by Crippen LogP contribution is -2.33. The maximum absolute atomic E-state index is 12.6. The van der Waals surface area contributed by atoms with Crippen molar-refractivity contribution in [3.8, 4) is 5.75 Å². The molecule has 1 aromatic carbocycles. The molecule has 0 aliphatic carbocycles. The Hall–Kier alpha value is -1.13. The number of benzene rings is 1. The second-order valence-electron chi connectivity index (χ2n) is 4.18. The van der Waals surface area contributed by atoms with Crippen molar-refractivity contribution in [2.24, 2.45) is 0 Å². The highest BCUT2D eigenvalue weighted by Gasteiger charge is 2.08. The molecule has 0 saturated heterocycles. The molecular formula is C13H20FNO2. The van der Waals surface area contributed by atoms with E-state index in [1.54, 1.807) is 12.1 Å². The molecule has 0 spiro atoms. The Morgan fingerprint density at radius 1 is 1.35 bits per heavy atom. The lowest BCUT2D eigenvalue weighted by molar-refractivity contribution is 0.0764. The summed E-state index contributed by atoms with van der Waals surface area (Å²) in [5, 5.41) is 9.72. The number of aliphatic hydroxyl groups is 1. The van der Waals surface area contributed by atoms with Crippen molar-refractivity contribution in [2.75, 3.05) is 26.7 Å². The number of halogens is 1. The fourth-order valence-corrected chi connectivity index (χ4v) is 1.61. The van der Waals surface area contributed by atoms with Crippen molar-refractivity contribution in [3.05, 3.63) is 30.1 Å². The van der Waals surface area contributed by atoms with Crippen LogP contribution in [0.1, 0.15) is 13.3 Å². The van der Waals surface area contributed by atoms with E-state index in [1.165, 1.54) is 12.1 Å². The monoisotopic (exact) mass is 241 g/mol. The average Bonchev–Trinajstić information content (AvgIpc) is 2.28. The summed E-state index contributed by atoms with van der Waals surface area (Å²) in [5.41, 5.74) is 0. The molecule has 0 radical (unpaired) electrons. The standard InChI is InChI=1S/C13H20FNO2/c1-3-8-15(2)9-12(16)10-17-13-6-4-11(14)5-7-13/h4-7,12,16H,3,8-10H2,1-2H3. The van der Waals surface area contributed by atoms with Crippen molar-refractivity contribution in [1.29, 1.82) is 0 Å². The van der Waals surface area contributed by atoms with Crippen LogP contribution in [0.25, 0.3) is 0 Å². The molecule has 1 N–H and O–H groups in total. The Morgan fingerprint density at radius 3 is 2.59 bits per heavy atom. The number of nitrogens with zero attached hydrogens (tertiary/aromatic N) is 1. The number of hydrogen-bond acceptors (Lipinski definition) is 3. The van der Waals surface area contributed by atoms with E-state index < -0.39 is 6.10 Å². The van der Waals surface area contributed by atoms with Gasteiger partial charge in [-0.3, -0.25) is 0 Å². The first-order valence-electron chi connectivity index (χ1n) is 5.86. The molecule has 0 aliphatic heterocycles. The second kappa shape index (κ2) is 7.25. The molecule has 4 heteroatoms. The van der Waals surface area contributed by atoms with Gasteiger partial charge in [0, 0.05) is 6.54 Å². The summed E-state index contributed by atoms with van der Waals surface area (Å²) in [6, 6.07) is 5.78. The number of hydrogen-bond donors (Lipinski definition) is 1. The van der Waals surface area contributed by atoms with Gasteiger partial charge in [0.1, 0.15) is 24.3 Å². The van der Waals surface area contributed by atoms with Crippen LogP contribution in [0.5, 0.6) is 5.75 Å². The van der Waals surface area contributed by atoms with Gasteiger partial charge in [-0.15, -0.1) is 0 Å². The minimum atomic E-state index is -0.531. The van der Waals surface area contributed by atoms with E-state index in [0.717, 1.165) is 13.0 Å². The molecule has 1 rings (SSSR count). The summed E-state index contributed by atoms with van der Waals surface area (Å²) in [7, 11) is 1.96. The SMILES string of the molecule is CCCN(C)CC(O)COc1ccc(F)cc1. The van der Waals surface area contributed by atoms with Crippen LogP contribution in [0.4, 0.5) is 4.39 Å². The van der Waals surface area contributed by atoms with Gasteiger partial charge in [0.05, 0.1) is 0 Å². The van der Waals surface area contributed by atoms with Gasteiger partial charge in [-0.2, -0.15) is 0 Å². The zero-order valence-electron chi connectivity index (χ0n) is 10.4. The third kappa shape index (κ3) is 5.65. The first kappa shape index (κ1) is 13.9. The van der Waals surface area contributed by atoms with Gasteiger partial charge < -0.3 is 14.7 Å². The topological polar surface area (TPSA) is 32.7 Å². The van der Waals surface area contributed by atoms with Gasteiger partial charge in [-0.05, 0) is 44.3 Å². The van der Waals surface area contributed by atoms with Crippen molar-refractivity contribution >= 4 is 0 Å². The number of rotatable bonds is 7. The van der Waals surface area contributed by atoms with Crippen LogP contribution in [0.15, 0.2) is 24.3 Å². The van der Waals surface area contributed by atoms with Crippen molar-refractivity contribution in [3.63, 3.8) is 0 Å². The molecule has 0 heterocycles. The maximum Gasteiger partial charge on any atom is 0.123 e. The van der Waals surface area contributed by atoms with Crippen LogP contribution in [0.3, 0.4) is 0 Å². The average molecular weight is 241 g/mol. The van der Waals surface area contributed by atoms with E-state index in [9.17, 15) is 9.50 Å². The quantitative estimate of drug-likeness (QED) is 0.791. The summed E-state index contributed by atoms with van der Waals surface area (Å²) in [4.78, 5) is 2.05. The van der Waals surface area contributed by atoms with Crippen LogP contribution >= 0.6 is 0 Å². The molecule has 17 heavy (non-hydrogen) atoms. The first-order valence-corrected chi connectivity index (χ1v) is 5.86. The summed E-state index contributed by atoms with van der Waals surface area (Å²) in [6.07, 6.45) is 0.527. The summed E-state index contributed by atoms with van der Waals surface area (Å²) in [5.74, 6) is 0.282. The van der Waals surface area contributed by atoms with E-state index in [4.69, 9.17) is 4.74 Å². The molecule has 3 nitrogen and oxygen atoms in total. The van der Waals surface area contributed by atoms with E-state index >= 15 is 0 Å². The molecule has 0 amide bonds. The number of aliphatic hydroxyl groups excluding tert-OH is 1. The van der Waals surface area contributed by atoms with E-state index in [0.29, 0.717) is 12.3 Å². The van der Waals surface area contributed by atoms with Crippen molar-refractivity contribution in [2.45, 2.75) is 19.4 Å². The van der Waals surface area contributed by atoms with Crippen molar-refractivity contribution < 1.29 is 14.2 Å². The minimum Gasteiger partial charge on any atom is -0.491 e. The fourth-order valence-electron chi connectivity index (χ4n) is 1.61. The van der Waals surface area contributed by atoms with Crippen LogP contribution in [0.2, 0.25) is 0 Å². The van der Waals surface area contributed by atoms with Gasteiger partial charge in [0.25, 0.3) is 0 Å². The highest BCUT2D eigenvalue weighted by atomic mass is 19.1. The van der Waals surface area contributed by atoms with Crippen LogP contribution < -0.4 is 4.74 Å². The van der Waals surface area contributed by atoms with Crippen LogP contribution in [0, 0.1) is 5.82 Å². The van der Waals surface area contributed by atoms with Gasteiger partial charge in [0.2, 0.25) is 0 Å². The molecule has 1 atom stereocenters. The molecule has 0 saturated carbocycles. The van der Waals surface area contributed by atoms with E-state index in [2.05, 4.69) is 11.8 Å². The van der Waals surface area contributed by atoms with Gasteiger partial charge in [-0.25, -0.2) is 4.39 Å². The second-order valence-corrected chi connectivity index (χ2v) is 4.18. The first-order chi connectivity index (χ1) is 8.11. The third-order valence-corrected chi connectivity index (χ3v) is 2.38. The largest absolute Gasteiger partial charge is 0.491 e. The zero-order chi connectivity index (χ0) is 12.7. The Balaban J connectivity index is 2.27. The van der Waals surface area contributed by atoms with Gasteiger partial charge >= 0.3 is 0 Å². The molecular weight excluding hydrogens is 221 g/mol. The molecule has 1 aromatic rings. The Labute approximate surface area is 102 Å². The van der Waals surface area contributed by atoms with E-state index in [1.807, 2.05) is 7.05 Å². The molecule has 1 unspecified atom stereocenters. The predicted molar refractivity (Wildman–Crippen MR) is 65.7 cm³/mol. The maximum atomic E-state index is 12.6. The normalized spacial score (nSPS) is 12.8. The molecule has 0 aromatic heterocycles. The van der Waals surface area contributed by atoms with Crippen LogP contribution in [-0.4, -0.2) is 42.9 Å². The Morgan fingerprint density at radius 2 is 2.00 bits per heavy atom. The predicted octanol–water partition coefficient (Wildman–Crippen LogP) is 1.91. The summed E-state index contributed by atoms with van der Waals surface area (Å²) in [6.45, 7) is 3.85. The molecule has 0 fully saturated rings. The summed E-state index contributed by atoms with van der Waals surface area (Å²) < 4.78 is 18.0. The number of likely N-dealkylation sites (N-methyl/N-ethyl adjacent to an activating group) is 1. The Bertz CT molecular complexity index is 316. The summed E-state index contributed by atoms with van der Waals surface area (Å²) >= 11 is 0. The molecule has 0 bridgehead atoms. The van der Waals surface area contributed by atoms with Crippen LogP contribution in [-0.2, 0) is 0 Å².